The molecular weight excluding hydrogens is 206 g/mol. The van der Waals surface area contributed by atoms with Gasteiger partial charge in [0.2, 0.25) is 0 Å². The summed E-state index contributed by atoms with van der Waals surface area (Å²) < 4.78 is 0. The van der Waals surface area contributed by atoms with Crippen LogP contribution in [0, 0.1) is 11.8 Å². The third kappa shape index (κ3) is 3.19. The first kappa shape index (κ1) is 13.5. The van der Waals surface area contributed by atoms with Gasteiger partial charge in [0.1, 0.15) is 0 Å². The van der Waals surface area contributed by atoms with Gasteiger partial charge in [0.15, 0.2) is 0 Å². The normalized spacial score (nSPS) is 26.5. The largest absolute Gasteiger partial charge is 0.481 e. The third-order valence-electron chi connectivity index (χ3n) is 3.77. The van der Waals surface area contributed by atoms with Gasteiger partial charge in [0.25, 0.3) is 0 Å². The van der Waals surface area contributed by atoms with E-state index in [1.54, 1.807) is 0 Å². The SMILES string of the molecule is CCC(CC)C(O)CNC1CCC1C(=O)O. The van der Waals surface area contributed by atoms with Crippen LogP contribution in [0.15, 0.2) is 0 Å². The molecule has 16 heavy (non-hydrogen) atoms. The van der Waals surface area contributed by atoms with Crippen molar-refractivity contribution in [3.8, 4) is 0 Å². The fraction of sp³-hybridized carbons (Fsp3) is 0.917. The van der Waals surface area contributed by atoms with E-state index in [2.05, 4.69) is 19.2 Å². The van der Waals surface area contributed by atoms with Crippen molar-refractivity contribution in [2.24, 2.45) is 11.8 Å². The van der Waals surface area contributed by atoms with E-state index in [4.69, 9.17) is 5.11 Å². The number of nitrogens with one attached hydrogen (secondary N) is 1. The fourth-order valence-corrected chi connectivity index (χ4v) is 2.31. The second-order valence-electron chi connectivity index (χ2n) is 4.68. The van der Waals surface area contributed by atoms with Crippen LogP contribution in [0.2, 0.25) is 0 Å². The molecule has 0 spiro atoms. The quantitative estimate of drug-likeness (QED) is 0.614. The summed E-state index contributed by atoms with van der Waals surface area (Å²) in [6.07, 6.45) is 3.24. The molecule has 3 unspecified atom stereocenters. The van der Waals surface area contributed by atoms with Crippen molar-refractivity contribution in [2.75, 3.05) is 6.54 Å². The van der Waals surface area contributed by atoms with E-state index in [0.717, 1.165) is 25.7 Å². The summed E-state index contributed by atoms with van der Waals surface area (Å²) in [5, 5.41) is 21.9. The zero-order valence-corrected chi connectivity index (χ0v) is 10.1. The van der Waals surface area contributed by atoms with Gasteiger partial charge in [-0.2, -0.15) is 0 Å². The van der Waals surface area contributed by atoms with Crippen LogP contribution >= 0.6 is 0 Å². The highest BCUT2D eigenvalue weighted by Crippen LogP contribution is 2.27. The van der Waals surface area contributed by atoms with Gasteiger partial charge in [0, 0.05) is 12.6 Å². The van der Waals surface area contributed by atoms with Crippen molar-refractivity contribution in [3.05, 3.63) is 0 Å². The Morgan fingerprint density at radius 3 is 2.38 bits per heavy atom. The second kappa shape index (κ2) is 6.21. The predicted molar refractivity (Wildman–Crippen MR) is 62.2 cm³/mol. The number of carboxylic acid groups (broad SMARTS) is 1. The van der Waals surface area contributed by atoms with Gasteiger partial charge in [-0.15, -0.1) is 0 Å². The van der Waals surface area contributed by atoms with E-state index in [1.807, 2.05) is 0 Å². The van der Waals surface area contributed by atoms with E-state index in [9.17, 15) is 9.90 Å². The molecule has 94 valence electrons. The van der Waals surface area contributed by atoms with Gasteiger partial charge in [-0.3, -0.25) is 4.79 Å². The minimum atomic E-state index is -0.722. The van der Waals surface area contributed by atoms with Crippen LogP contribution in [0.1, 0.15) is 39.5 Å². The molecule has 0 aromatic heterocycles. The van der Waals surface area contributed by atoms with Crippen LogP contribution in [0.3, 0.4) is 0 Å². The van der Waals surface area contributed by atoms with Crippen LogP contribution in [0.4, 0.5) is 0 Å². The number of hydrogen-bond donors (Lipinski definition) is 3. The number of rotatable bonds is 7. The Labute approximate surface area is 97.0 Å². The summed E-state index contributed by atoms with van der Waals surface area (Å²) in [6, 6.07) is 0.0570. The molecule has 0 radical (unpaired) electrons. The Hall–Kier alpha value is -0.610. The second-order valence-corrected chi connectivity index (χ2v) is 4.68. The minimum Gasteiger partial charge on any atom is -0.481 e. The van der Waals surface area contributed by atoms with Gasteiger partial charge < -0.3 is 15.5 Å². The number of aliphatic hydroxyl groups excluding tert-OH is 1. The molecule has 1 aliphatic rings. The van der Waals surface area contributed by atoms with Crippen LogP contribution < -0.4 is 5.32 Å². The van der Waals surface area contributed by atoms with Gasteiger partial charge in [0.05, 0.1) is 12.0 Å². The number of carbonyl (C=O) groups is 1. The first-order valence-corrected chi connectivity index (χ1v) is 6.24. The molecule has 0 saturated heterocycles. The molecule has 3 N–H and O–H groups in total. The Balaban J connectivity index is 2.26. The molecule has 0 aliphatic heterocycles. The lowest BCUT2D eigenvalue weighted by molar-refractivity contribution is -0.146. The monoisotopic (exact) mass is 229 g/mol. The van der Waals surface area contributed by atoms with Gasteiger partial charge in [-0.1, -0.05) is 26.7 Å². The highest BCUT2D eigenvalue weighted by atomic mass is 16.4. The molecule has 0 amide bonds. The molecule has 1 saturated carbocycles. The Morgan fingerprint density at radius 2 is 2.00 bits per heavy atom. The summed E-state index contributed by atoms with van der Waals surface area (Å²) in [4.78, 5) is 10.8. The average molecular weight is 229 g/mol. The first-order valence-electron chi connectivity index (χ1n) is 6.24. The van der Waals surface area contributed by atoms with Gasteiger partial charge >= 0.3 is 5.97 Å². The van der Waals surface area contributed by atoms with Crippen LogP contribution in [-0.4, -0.2) is 34.9 Å². The molecule has 4 nitrogen and oxygen atoms in total. The highest BCUT2D eigenvalue weighted by molar-refractivity contribution is 5.72. The van der Waals surface area contributed by atoms with Crippen LogP contribution in [0.25, 0.3) is 0 Å². The maximum absolute atomic E-state index is 10.8. The average Bonchev–Trinajstić information content (AvgIpc) is 2.17. The Morgan fingerprint density at radius 1 is 1.38 bits per heavy atom. The van der Waals surface area contributed by atoms with Crippen molar-refractivity contribution in [2.45, 2.75) is 51.7 Å². The van der Waals surface area contributed by atoms with Crippen molar-refractivity contribution < 1.29 is 15.0 Å². The lowest BCUT2D eigenvalue weighted by atomic mass is 9.79. The smallest absolute Gasteiger partial charge is 0.308 e. The maximum atomic E-state index is 10.8. The summed E-state index contributed by atoms with van der Waals surface area (Å²) in [5.74, 6) is -0.662. The first-order chi connectivity index (χ1) is 7.60. The Kier molecular flexibility index (Phi) is 5.22. The topological polar surface area (TPSA) is 69.6 Å². The number of carboxylic acids is 1. The molecule has 1 fully saturated rings. The molecule has 3 atom stereocenters. The van der Waals surface area contributed by atoms with Gasteiger partial charge in [-0.25, -0.2) is 0 Å². The number of hydrogen-bond acceptors (Lipinski definition) is 3. The summed E-state index contributed by atoms with van der Waals surface area (Å²) in [6.45, 7) is 4.66. The van der Waals surface area contributed by atoms with Crippen molar-refractivity contribution >= 4 is 5.97 Å². The molecule has 0 aromatic rings. The summed E-state index contributed by atoms with van der Waals surface area (Å²) in [7, 11) is 0. The minimum absolute atomic E-state index is 0.0570. The van der Waals surface area contributed by atoms with E-state index < -0.39 is 5.97 Å². The highest BCUT2D eigenvalue weighted by Gasteiger charge is 2.36. The molecule has 0 bridgehead atoms. The summed E-state index contributed by atoms with van der Waals surface area (Å²) in [5.41, 5.74) is 0. The van der Waals surface area contributed by atoms with Crippen molar-refractivity contribution in [1.82, 2.24) is 5.32 Å². The van der Waals surface area contributed by atoms with E-state index >= 15 is 0 Å². The molecule has 0 heterocycles. The Bertz CT molecular complexity index is 228. The number of aliphatic carboxylic acids is 1. The molecule has 1 rings (SSSR count). The predicted octanol–water partition coefficient (Wildman–Crippen LogP) is 1.24. The molecule has 1 aliphatic carbocycles. The van der Waals surface area contributed by atoms with Gasteiger partial charge in [-0.05, 0) is 18.8 Å². The standard InChI is InChI=1S/C12H23NO3/c1-3-8(4-2)11(14)7-13-10-6-5-9(10)12(15)16/h8-11,13-14H,3-7H2,1-2H3,(H,15,16). The molecule has 4 heteroatoms. The molecular formula is C12H23NO3. The maximum Gasteiger partial charge on any atom is 0.308 e. The zero-order chi connectivity index (χ0) is 12.1. The number of aliphatic hydroxyl groups is 1. The van der Waals surface area contributed by atoms with Crippen molar-refractivity contribution in [3.63, 3.8) is 0 Å². The van der Waals surface area contributed by atoms with E-state index in [-0.39, 0.29) is 18.1 Å². The van der Waals surface area contributed by atoms with E-state index in [1.165, 1.54) is 0 Å². The fourth-order valence-electron chi connectivity index (χ4n) is 2.31. The lowest BCUT2D eigenvalue weighted by Crippen LogP contribution is -2.50. The third-order valence-corrected chi connectivity index (χ3v) is 3.77. The van der Waals surface area contributed by atoms with Crippen molar-refractivity contribution in [1.29, 1.82) is 0 Å². The van der Waals surface area contributed by atoms with Crippen LogP contribution in [-0.2, 0) is 4.79 Å². The van der Waals surface area contributed by atoms with Crippen LogP contribution in [0.5, 0.6) is 0 Å². The zero-order valence-electron chi connectivity index (χ0n) is 10.1. The lowest BCUT2D eigenvalue weighted by Gasteiger charge is -2.35. The molecule has 0 aromatic carbocycles. The van der Waals surface area contributed by atoms with E-state index in [0.29, 0.717) is 12.5 Å². The summed E-state index contributed by atoms with van der Waals surface area (Å²) >= 11 is 0.